The van der Waals surface area contributed by atoms with E-state index >= 15 is 0 Å². The lowest BCUT2D eigenvalue weighted by Gasteiger charge is -1.90. The lowest BCUT2D eigenvalue weighted by molar-refractivity contribution is 1.47. The monoisotopic (exact) mass is 236 g/mol. The molecule has 3 heteroatoms. The quantitative estimate of drug-likeness (QED) is 0.517. The van der Waals surface area contributed by atoms with Crippen LogP contribution in [0.3, 0.4) is 0 Å². The van der Waals surface area contributed by atoms with Crippen LogP contribution in [-0.4, -0.2) is 16.5 Å². The smallest absolute Gasteiger partial charge is 0.116 e. The van der Waals surface area contributed by atoms with Gasteiger partial charge in [-0.05, 0) is 29.5 Å². The molecular formula is C6H9IN2. The molecule has 0 aromatic heterocycles. The molecule has 9 heavy (non-hydrogen) atoms. The number of nitrogens with zero attached hydrogens (tertiary/aromatic N) is 2. The Hall–Kier alpha value is -0.190. The Labute approximate surface area is 68.9 Å². The second kappa shape index (κ2) is 4.67. The van der Waals surface area contributed by atoms with Gasteiger partial charge in [0.1, 0.15) is 3.72 Å². The summed E-state index contributed by atoms with van der Waals surface area (Å²) in [5.74, 6) is 0. The summed E-state index contributed by atoms with van der Waals surface area (Å²) in [5.41, 5.74) is 0.910. The average Bonchev–Trinajstić information content (AvgIpc) is 1.87. The summed E-state index contributed by atoms with van der Waals surface area (Å²) in [4.78, 5) is 7.87. The highest BCUT2D eigenvalue weighted by Gasteiger charge is 1.92. The van der Waals surface area contributed by atoms with Crippen molar-refractivity contribution in [3.63, 3.8) is 0 Å². The molecule has 0 unspecified atom stereocenters. The summed E-state index contributed by atoms with van der Waals surface area (Å²) < 4.78 is 0.924. The first-order valence-corrected chi connectivity index (χ1v) is 3.58. The van der Waals surface area contributed by atoms with Crippen LogP contribution in [0, 0.1) is 0 Å². The molecule has 0 aromatic rings. The summed E-state index contributed by atoms with van der Waals surface area (Å²) in [7, 11) is 1.74. The maximum Gasteiger partial charge on any atom is 0.116 e. The molecule has 0 heterocycles. The van der Waals surface area contributed by atoms with Gasteiger partial charge in [0.2, 0.25) is 0 Å². The van der Waals surface area contributed by atoms with Gasteiger partial charge in [-0.15, -0.1) is 0 Å². The van der Waals surface area contributed by atoms with Crippen LogP contribution < -0.4 is 0 Å². The Bertz CT molecular complexity index is 158. The zero-order valence-electron chi connectivity index (χ0n) is 5.56. The van der Waals surface area contributed by atoms with E-state index in [1.54, 1.807) is 7.05 Å². The minimum Gasteiger partial charge on any atom is -0.280 e. The molecule has 0 spiro atoms. The summed E-state index contributed by atoms with van der Waals surface area (Å²) in [6.07, 6.45) is 1.51. The molecule has 0 aromatic carbocycles. The van der Waals surface area contributed by atoms with E-state index in [2.05, 4.69) is 39.2 Å². The molecule has 0 radical (unpaired) electrons. The first kappa shape index (κ1) is 8.81. The van der Waals surface area contributed by atoms with Gasteiger partial charge >= 0.3 is 0 Å². The number of aliphatic imine (C=N–C) groups is 2. The van der Waals surface area contributed by atoms with Gasteiger partial charge in [0.15, 0.2) is 0 Å². The van der Waals surface area contributed by atoms with Crippen LogP contribution in [0.2, 0.25) is 0 Å². The van der Waals surface area contributed by atoms with Crippen molar-refractivity contribution < 1.29 is 0 Å². The maximum atomic E-state index is 3.94. The van der Waals surface area contributed by atoms with Crippen molar-refractivity contribution in [1.82, 2.24) is 0 Å². The molecule has 0 saturated carbocycles. The van der Waals surface area contributed by atoms with Crippen molar-refractivity contribution in [2.75, 3.05) is 7.05 Å². The van der Waals surface area contributed by atoms with Crippen LogP contribution >= 0.6 is 22.6 Å². The van der Waals surface area contributed by atoms with Crippen LogP contribution in [0.1, 0.15) is 6.92 Å². The van der Waals surface area contributed by atoms with E-state index in [-0.39, 0.29) is 0 Å². The largest absolute Gasteiger partial charge is 0.280 e. The molecule has 0 aliphatic carbocycles. The van der Waals surface area contributed by atoms with E-state index in [9.17, 15) is 0 Å². The highest BCUT2D eigenvalue weighted by atomic mass is 127. The van der Waals surface area contributed by atoms with E-state index in [0.29, 0.717) is 0 Å². The molecule has 0 bridgehead atoms. The lowest BCUT2D eigenvalue weighted by atomic mass is 10.5. The number of halogens is 1. The van der Waals surface area contributed by atoms with E-state index in [1.165, 1.54) is 6.20 Å². The zero-order chi connectivity index (χ0) is 7.28. The van der Waals surface area contributed by atoms with Crippen molar-refractivity contribution in [3.05, 3.63) is 12.8 Å². The fraction of sp³-hybridized carbons (Fsp3) is 0.333. The predicted octanol–water partition coefficient (Wildman–Crippen LogP) is 2.05. The Morgan fingerprint density at radius 2 is 2.22 bits per heavy atom. The SMILES string of the molecule is C=CN=C(C)C(I)=NC. The first-order valence-electron chi connectivity index (χ1n) is 2.50. The highest BCUT2D eigenvalue weighted by Crippen LogP contribution is 1.93. The van der Waals surface area contributed by atoms with Crippen LogP contribution in [0.4, 0.5) is 0 Å². The predicted molar refractivity (Wildman–Crippen MR) is 50.7 cm³/mol. The van der Waals surface area contributed by atoms with Gasteiger partial charge < -0.3 is 0 Å². The number of hydrogen-bond donors (Lipinski definition) is 0. The summed E-state index contributed by atoms with van der Waals surface area (Å²) >= 11 is 2.13. The zero-order valence-corrected chi connectivity index (χ0v) is 7.71. The number of hydrogen-bond acceptors (Lipinski definition) is 2. The molecule has 50 valence electrons. The molecule has 0 amide bonds. The fourth-order valence-corrected chi connectivity index (χ4v) is 0.491. The second-order valence-corrected chi connectivity index (χ2v) is 2.43. The molecule has 0 fully saturated rings. The van der Waals surface area contributed by atoms with Crippen LogP contribution in [0.25, 0.3) is 0 Å². The minimum atomic E-state index is 0.910. The van der Waals surface area contributed by atoms with Gasteiger partial charge in [-0.1, -0.05) is 6.58 Å². The van der Waals surface area contributed by atoms with Crippen LogP contribution in [0.5, 0.6) is 0 Å². The third-order valence-corrected chi connectivity index (χ3v) is 2.04. The van der Waals surface area contributed by atoms with Crippen molar-refractivity contribution in [1.29, 1.82) is 0 Å². The highest BCUT2D eigenvalue weighted by molar-refractivity contribution is 14.1. The normalized spacial score (nSPS) is 13.7. The van der Waals surface area contributed by atoms with Crippen molar-refractivity contribution >= 4 is 32.0 Å². The van der Waals surface area contributed by atoms with Gasteiger partial charge in [0.25, 0.3) is 0 Å². The van der Waals surface area contributed by atoms with Gasteiger partial charge in [-0.25, -0.2) is 0 Å². The van der Waals surface area contributed by atoms with E-state index in [4.69, 9.17) is 0 Å². The summed E-state index contributed by atoms with van der Waals surface area (Å²) in [6.45, 7) is 5.37. The third-order valence-electron chi connectivity index (χ3n) is 0.780. The molecule has 0 aliphatic rings. The standard InChI is InChI=1S/C6H9IN2/c1-4-9-5(2)6(7)8-3/h4H,1H2,2-3H3. The summed E-state index contributed by atoms with van der Waals surface area (Å²) in [5, 5.41) is 0. The van der Waals surface area contributed by atoms with Crippen molar-refractivity contribution in [2.24, 2.45) is 9.98 Å². The molecule has 0 atom stereocenters. The molecule has 0 saturated heterocycles. The number of rotatable bonds is 2. The van der Waals surface area contributed by atoms with E-state index in [1.807, 2.05) is 6.92 Å². The van der Waals surface area contributed by atoms with Crippen LogP contribution in [-0.2, 0) is 0 Å². The minimum absolute atomic E-state index is 0.910. The Kier molecular flexibility index (Phi) is 4.57. The molecule has 0 rings (SSSR count). The average molecular weight is 236 g/mol. The van der Waals surface area contributed by atoms with Crippen molar-refractivity contribution in [2.45, 2.75) is 6.92 Å². The van der Waals surface area contributed by atoms with Gasteiger partial charge in [-0.2, -0.15) is 0 Å². The maximum absolute atomic E-state index is 3.94. The Balaban J connectivity index is 4.19. The van der Waals surface area contributed by atoms with E-state index in [0.717, 1.165) is 9.43 Å². The topological polar surface area (TPSA) is 24.7 Å². The van der Waals surface area contributed by atoms with E-state index < -0.39 is 0 Å². The Morgan fingerprint density at radius 1 is 1.67 bits per heavy atom. The fourth-order valence-electron chi connectivity index (χ4n) is 0.352. The molecule has 0 aliphatic heterocycles. The van der Waals surface area contributed by atoms with Crippen LogP contribution in [0.15, 0.2) is 22.8 Å². The van der Waals surface area contributed by atoms with Gasteiger partial charge in [0, 0.05) is 13.2 Å². The Morgan fingerprint density at radius 3 is 2.56 bits per heavy atom. The third kappa shape index (κ3) is 3.40. The molecule has 2 nitrogen and oxygen atoms in total. The second-order valence-electron chi connectivity index (χ2n) is 1.41. The molecule has 0 N–H and O–H groups in total. The van der Waals surface area contributed by atoms with Gasteiger partial charge in [-0.3, -0.25) is 9.98 Å². The van der Waals surface area contributed by atoms with Gasteiger partial charge in [0.05, 0.1) is 5.71 Å². The molecular weight excluding hydrogens is 227 g/mol. The lowest BCUT2D eigenvalue weighted by Crippen LogP contribution is -1.99. The summed E-state index contributed by atoms with van der Waals surface area (Å²) in [6, 6.07) is 0. The van der Waals surface area contributed by atoms with Crippen molar-refractivity contribution in [3.8, 4) is 0 Å². The first-order chi connectivity index (χ1) is 4.22.